The molecule has 0 radical (unpaired) electrons. The number of hydrogen-bond acceptors (Lipinski definition) is 4. The van der Waals surface area contributed by atoms with Gasteiger partial charge in [-0.25, -0.2) is 4.98 Å². The molecule has 0 aliphatic carbocycles. The van der Waals surface area contributed by atoms with Crippen molar-refractivity contribution in [2.75, 3.05) is 17.7 Å². The van der Waals surface area contributed by atoms with Gasteiger partial charge in [-0.05, 0) is 34.1 Å². The summed E-state index contributed by atoms with van der Waals surface area (Å²) in [6.07, 6.45) is 2.93. The Bertz CT molecular complexity index is 620. The highest BCUT2D eigenvalue weighted by Crippen LogP contribution is 2.26. The Kier molecular flexibility index (Phi) is 4.34. The van der Waals surface area contributed by atoms with Gasteiger partial charge >= 0.3 is 0 Å². The molecule has 0 unspecified atom stereocenters. The van der Waals surface area contributed by atoms with Crippen molar-refractivity contribution in [3.05, 3.63) is 45.8 Å². The smallest absolute Gasteiger partial charge is 0.275 e. The Morgan fingerprint density at radius 2 is 2.16 bits per heavy atom. The molecule has 0 spiro atoms. The molecule has 1 amide bonds. The topological polar surface area (TPSA) is 66.9 Å². The van der Waals surface area contributed by atoms with Crippen LogP contribution >= 0.6 is 27.5 Å². The van der Waals surface area contributed by atoms with Crippen LogP contribution in [0.2, 0.25) is 5.02 Å². The van der Waals surface area contributed by atoms with Gasteiger partial charge in [0.2, 0.25) is 0 Å². The van der Waals surface area contributed by atoms with Gasteiger partial charge in [0.05, 0.1) is 18.1 Å². The van der Waals surface area contributed by atoms with E-state index in [1.807, 2.05) is 0 Å². The van der Waals surface area contributed by atoms with Gasteiger partial charge in [0.15, 0.2) is 0 Å². The third-order valence-electron chi connectivity index (χ3n) is 2.30. The molecule has 0 fully saturated rings. The summed E-state index contributed by atoms with van der Waals surface area (Å²) in [4.78, 5) is 20.1. The van der Waals surface area contributed by atoms with Gasteiger partial charge in [-0.3, -0.25) is 9.78 Å². The van der Waals surface area contributed by atoms with Crippen molar-refractivity contribution in [1.29, 1.82) is 0 Å². The summed E-state index contributed by atoms with van der Waals surface area (Å²) in [6.45, 7) is 0. The zero-order valence-corrected chi connectivity index (χ0v) is 12.3. The Hall–Kier alpha value is -1.66. The van der Waals surface area contributed by atoms with Crippen molar-refractivity contribution in [2.24, 2.45) is 0 Å². The largest absolute Gasteiger partial charge is 0.372 e. The lowest BCUT2D eigenvalue weighted by Gasteiger charge is -2.08. The van der Waals surface area contributed by atoms with E-state index in [2.05, 4.69) is 36.5 Å². The second-order valence-electron chi connectivity index (χ2n) is 3.62. The predicted molar refractivity (Wildman–Crippen MR) is 78.7 cm³/mol. The molecule has 0 aliphatic rings. The average Bonchev–Trinajstić information content (AvgIpc) is 2.43. The van der Waals surface area contributed by atoms with Crippen LogP contribution in [0.1, 0.15) is 10.5 Å². The van der Waals surface area contributed by atoms with Crippen LogP contribution in [0.25, 0.3) is 0 Å². The maximum Gasteiger partial charge on any atom is 0.275 e. The highest BCUT2D eigenvalue weighted by molar-refractivity contribution is 9.10. The first-order chi connectivity index (χ1) is 9.10. The second kappa shape index (κ2) is 5.99. The number of aromatic nitrogens is 2. The Morgan fingerprint density at radius 1 is 1.37 bits per heavy atom. The number of carbonyl (C=O) groups excluding carboxylic acids is 1. The number of benzene rings is 1. The van der Waals surface area contributed by atoms with Gasteiger partial charge in [-0.1, -0.05) is 11.6 Å². The monoisotopic (exact) mass is 340 g/mol. The summed E-state index contributed by atoms with van der Waals surface area (Å²) in [5.74, 6) is 0.172. The summed E-state index contributed by atoms with van der Waals surface area (Å²) in [5, 5.41) is 6.08. The highest BCUT2D eigenvalue weighted by Gasteiger charge is 2.11. The molecule has 0 bridgehead atoms. The van der Waals surface area contributed by atoms with E-state index in [4.69, 9.17) is 11.6 Å². The third kappa shape index (κ3) is 3.42. The SMILES string of the molecule is CNc1cncc(C(=O)Nc2cc(Cl)ccc2Br)n1. The highest BCUT2D eigenvalue weighted by atomic mass is 79.9. The maximum atomic E-state index is 12.0. The van der Waals surface area contributed by atoms with Crippen LogP contribution in [0.15, 0.2) is 35.1 Å². The molecule has 2 N–H and O–H groups in total. The number of nitrogens with one attached hydrogen (secondary N) is 2. The van der Waals surface area contributed by atoms with Crippen LogP contribution in [0, 0.1) is 0 Å². The van der Waals surface area contributed by atoms with E-state index in [0.717, 1.165) is 4.47 Å². The molecule has 2 aromatic rings. The molecule has 0 atom stereocenters. The molecule has 5 nitrogen and oxygen atoms in total. The number of amides is 1. The van der Waals surface area contributed by atoms with Gasteiger partial charge in [-0.2, -0.15) is 0 Å². The summed E-state index contributed by atoms with van der Waals surface area (Å²) in [5.41, 5.74) is 0.799. The van der Waals surface area contributed by atoms with Crippen LogP contribution in [-0.2, 0) is 0 Å². The Balaban J connectivity index is 2.22. The van der Waals surface area contributed by atoms with E-state index >= 15 is 0 Å². The minimum atomic E-state index is -0.354. The first kappa shape index (κ1) is 13.8. The molecule has 2 rings (SSSR count). The van der Waals surface area contributed by atoms with Crippen LogP contribution in [0.4, 0.5) is 11.5 Å². The molecule has 19 heavy (non-hydrogen) atoms. The normalized spacial score (nSPS) is 10.1. The van der Waals surface area contributed by atoms with Crippen LogP contribution in [-0.4, -0.2) is 22.9 Å². The fraction of sp³-hybridized carbons (Fsp3) is 0.0833. The van der Waals surface area contributed by atoms with E-state index in [1.165, 1.54) is 12.4 Å². The van der Waals surface area contributed by atoms with Gasteiger partial charge in [0.25, 0.3) is 5.91 Å². The zero-order chi connectivity index (χ0) is 13.8. The summed E-state index contributed by atoms with van der Waals surface area (Å²) >= 11 is 9.22. The molecule has 1 heterocycles. The number of anilines is 2. The van der Waals surface area contributed by atoms with E-state index in [1.54, 1.807) is 25.2 Å². The number of halogens is 2. The minimum absolute atomic E-state index is 0.221. The third-order valence-corrected chi connectivity index (χ3v) is 3.23. The summed E-state index contributed by atoms with van der Waals surface area (Å²) < 4.78 is 0.739. The van der Waals surface area contributed by atoms with E-state index in [0.29, 0.717) is 16.5 Å². The second-order valence-corrected chi connectivity index (χ2v) is 4.91. The van der Waals surface area contributed by atoms with Crippen molar-refractivity contribution < 1.29 is 4.79 Å². The first-order valence-electron chi connectivity index (χ1n) is 5.36. The van der Waals surface area contributed by atoms with Crippen molar-refractivity contribution in [2.45, 2.75) is 0 Å². The Labute approximate surface area is 123 Å². The quantitative estimate of drug-likeness (QED) is 0.900. The van der Waals surface area contributed by atoms with Gasteiger partial charge < -0.3 is 10.6 Å². The molecular weight excluding hydrogens is 332 g/mol. The molecule has 0 saturated carbocycles. The lowest BCUT2D eigenvalue weighted by atomic mass is 10.3. The van der Waals surface area contributed by atoms with E-state index in [-0.39, 0.29) is 11.6 Å². The maximum absolute atomic E-state index is 12.0. The van der Waals surface area contributed by atoms with Crippen LogP contribution in [0.3, 0.4) is 0 Å². The van der Waals surface area contributed by atoms with Crippen molar-refractivity contribution in [1.82, 2.24) is 9.97 Å². The number of carbonyl (C=O) groups is 1. The molecule has 0 saturated heterocycles. The standard InChI is InChI=1S/C12H10BrClN4O/c1-15-11-6-16-5-10(17-11)12(19)18-9-4-7(14)2-3-8(9)13/h2-6H,1H3,(H,15,17)(H,18,19). The van der Waals surface area contributed by atoms with Crippen molar-refractivity contribution >= 4 is 44.9 Å². The van der Waals surface area contributed by atoms with Crippen LogP contribution < -0.4 is 10.6 Å². The fourth-order valence-electron chi connectivity index (χ4n) is 1.38. The summed E-state index contributed by atoms with van der Waals surface area (Å²) in [6, 6.07) is 5.13. The van der Waals surface area contributed by atoms with Crippen molar-refractivity contribution in [3.63, 3.8) is 0 Å². The number of hydrogen-bond donors (Lipinski definition) is 2. The number of nitrogens with zero attached hydrogens (tertiary/aromatic N) is 2. The molecule has 7 heteroatoms. The number of rotatable bonds is 3. The molecule has 1 aromatic carbocycles. The molecule has 1 aromatic heterocycles. The van der Waals surface area contributed by atoms with E-state index in [9.17, 15) is 4.79 Å². The van der Waals surface area contributed by atoms with Gasteiger partial charge in [0, 0.05) is 16.5 Å². The van der Waals surface area contributed by atoms with E-state index < -0.39 is 0 Å². The molecule has 98 valence electrons. The molecule has 0 aliphatic heterocycles. The summed E-state index contributed by atoms with van der Waals surface area (Å²) in [7, 11) is 1.71. The van der Waals surface area contributed by atoms with Gasteiger partial charge in [-0.15, -0.1) is 0 Å². The lowest BCUT2D eigenvalue weighted by Crippen LogP contribution is -2.15. The minimum Gasteiger partial charge on any atom is -0.372 e. The fourth-order valence-corrected chi connectivity index (χ4v) is 1.89. The average molecular weight is 342 g/mol. The van der Waals surface area contributed by atoms with Crippen LogP contribution in [0.5, 0.6) is 0 Å². The lowest BCUT2D eigenvalue weighted by molar-refractivity contribution is 0.102. The van der Waals surface area contributed by atoms with Crippen molar-refractivity contribution in [3.8, 4) is 0 Å². The predicted octanol–water partition coefficient (Wildman–Crippen LogP) is 3.19. The zero-order valence-electron chi connectivity index (χ0n) is 9.95. The first-order valence-corrected chi connectivity index (χ1v) is 6.53. The van der Waals surface area contributed by atoms with Gasteiger partial charge in [0.1, 0.15) is 11.5 Å². The molecular formula is C12H10BrClN4O. The Morgan fingerprint density at radius 3 is 2.89 bits per heavy atom.